The third-order valence-electron chi connectivity index (χ3n) is 2.42. The van der Waals surface area contributed by atoms with Crippen molar-refractivity contribution in [2.75, 3.05) is 5.32 Å². The summed E-state index contributed by atoms with van der Waals surface area (Å²) in [6.07, 6.45) is 1.77. The maximum absolute atomic E-state index is 8.42. The van der Waals surface area contributed by atoms with Crippen LogP contribution in [0.25, 0.3) is 11.1 Å². The van der Waals surface area contributed by atoms with E-state index in [2.05, 4.69) is 22.8 Å². The highest BCUT2D eigenvalue weighted by atomic mass is 32.1. The quantitative estimate of drug-likeness (QED) is 0.490. The molecule has 3 nitrogen and oxygen atoms in total. The Kier molecular flexibility index (Phi) is 3.90. The van der Waals surface area contributed by atoms with Crippen molar-refractivity contribution in [3.8, 4) is 17.3 Å². The van der Waals surface area contributed by atoms with Crippen LogP contribution in [0.15, 0.2) is 54.6 Å². The van der Waals surface area contributed by atoms with Crippen molar-refractivity contribution in [3.63, 3.8) is 0 Å². The molecule has 0 saturated carbocycles. The summed E-state index contributed by atoms with van der Waals surface area (Å²) in [6.45, 7) is 0. The van der Waals surface area contributed by atoms with E-state index in [0.717, 1.165) is 11.3 Å². The molecule has 2 aromatic rings. The van der Waals surface area contributed by atoms with Crippen LogP contribution in [0, 0.1) is 11.5 Å². The second kappa shape index (κ2) is 5.80. The lowest BCUT2D eigenvalue weighted by Gasteiger charge is -2.07. The molecular formula is C14H11N3S. The lowest BCUT2D eigenvalue weighted by Crippen LogP contribution is -2.23. The van der Waals surface area contributed by atoms with Crippen molar-refractivity contribution < 1.29 is 0 Å². The lowest BCUT2D eigenvalue weighted by atomic mass is 10.1. The van der Waals surface area contributed by atoms with Crippen LogP contribution in [0.3, 0.4) is 0 Å². The first-order valence-corrected chi connectivity index (χ1v) is 5.82. The molecule has 0 amide bonds. The second-order valence-corrected chi connectivity index (χ2v) is 4.04. The molecule has 0 aromatic heterocycles. The molecule has 2 N–H and O–H groups in total. The summed E-state index contributed by atoms with van der Waals surface area (Å²) in [5.41, 5.74) is 3.16. The van der Waals surface area contributed by atoms with Crippen LogP contribution in [0.5, 0.6) is 0 Å². The van der Waals surface area contributed by atoms with E-state index < -0.39 is 0 Å². The zero-order chi connectivity index (χ0) is 12.8. The zero-order valence-corrected chi connectivity index (χ0v) is 10.4. The van der Waals surface area contributed by atoms with Crippen LogP contribution < -0.4 is 10.6 Å². The number of nitriles is 1. The molecular weight excluding hydrogens is 242 g/mol. The standard InChI is InChI=1S/C14H11N3S/c15-10-16-14(18)17-13-8-6-12(7-9-13)11-4-2-1-3-5-11/h1-9H,(H2,16,17,18). The lowest BCUT2D eigenvalue weighted by molar-refractivity contribution is 1.28. The molecule has 0 aliphatic carbocycles. The van der Waals surface area contributed by atoms with Gasteiger partial charge in [0.1, 0.15) is 0 Å². The molecule has 2 rings (SSSR count). The number of rotatable bonds is 2. The third kappa shape index (κ3) is 3.06. The number of hydrogen-bond donors (Lipinski definition) is 2. The Hall–Kier alpha value is -2.38. The smallest absolute Gasteiger partial charge is 0.184 e. The van der Waals surface area contributed by atoms with E-state index in [-0.39, 0.29) is 0 Å². The molecule has 0 fully saturated rings. The number of benzene rings is 2. The van der Waals surface area contributed by atoms with E-state index in [4.69, 9.17) is 17.5 Å². The number of thiocarbonyl (C=S) groups is 1. The van der Waals surface area contributed by atoms with Crippen LogP contribution in [0.2, 0.25) is 0 Å². The predicted molar refractivity (Wildman–Crippen MR) is 76.8 cm³/mol. The van der Waals surface area contributed by atoms with Gasteiger partial charge in [-0.3, -0.25) is 5.32 Å². The van der Waals surface area contributed by atoms with Crippen LogP contribution in [-0.4, -0.2) is 5.11 Å². The molecule has 4 heteroatoms. The highest BCUT2D eigenvalue weighted by molar-refractivity contribution is 7.80. The first kappa shape index (κ1) is 12.1. The van der Waals surface area contributed by atoms with Crippen LogP contribution in [0.1, 0.15) is 0 Å². The Morgan fingerprint density at radius 2 is 1.56 bits per heavy atom. The molecule has 0 saturated heterocycles. The monoisotopic (exact) mass is 253 g/mol. The third-order valence-corrected chi connectivity index (χ3v) is 2.62. The van der Waals surface area contributed by atoms with Crippen LogP contribution >= 0.6 is 12.2 Å². The summed E-state index contributed by atoms with van der Waals surface area (Å²) in [7, 11) is 0. The molecule has 88 valence electrons. The van der Waals surface area contributed by atoms with Gasteiger partial charge in [0.25, 0.3) is 0 Å². The summed E-state index contributed by atoms with van der Waals surface area (Å²) in [5.74, 6) is 0. The largest absolute Gasteiger partial charge is 0.332 e. The number of nitrogens with zero attached hydrogens (tertiary/aromatic N) is 1. The van der Waals surface area contributed by atoms with Gasteiger partial charge in [-0.1, -0.05) is 42.5 Å². The van der Waals surface area contributed by atoms with Gasteiger partial charge in [-0.25, -0.2) is 0 Å². The summed E-state index contributed by atoms with van der Waals surface area (Å²) < 4.78 is 0. The minimum Gasteiger partial charge on any atom is -0.332 e. The minimum absolute atomic E-state index is 0.296. The molecule has 0 aliphatic rings. The first-order chi connectivity index (χ1) is 8.79. The van der Waals surface area contributed by atoms with Gasteiger partial charge in [-0.15, -0.1) is 0 Å². The van der Waals surface area contributed by atoms with Gasteiger partial charge in [0.15, 0.2) is 11.3 Å². The van der Waals surface area contributed by atoms with Crippen LogP contribution in [0.4, 0.5) is 5.69 Å². The zero-order valence-electron chi connectivity index (χ0n) is 9.55. The average Bonchev–Trinajstić information content (AvgIpc) is 2.41. The molecule has 0 aliphatic heterocycles. The summed E-state index contributed by atoms with van der Waals surface area (Å²) in [5, 5.41) is 14.0. The maximum Gasteiger partial charge on any atom is 0.184 e. The van der Waals surface area contributed by atoms with Gasteiger partial charge in [-0.05, 0) is 35.5 Å². The highest BCUT2D eigenvalue weighted by Crippen LogP contribution is 2.20. The van der Waals surface area contributed by atoms with Gasteiger partial charge >= 0.3 is 0 Å². The molecule has 0 heterocycles. The van der Waals surface area contributed by atoms with Crippen molar-refractivity contribution in [2.45, 2.75) is 0 Å². The van der Waals surface area contributed by atoms with Crippen LogP contribution in [-0.2, 0) is 0 Å². The average molecular weight is 253 g/mol. The molecule has 18 heavy (non-hydrogen) atoms. The fourth-order valence-electron chi connectivity index (χ4n) is 1.59. The van der Waals surface area contributed by atoms with E-state index in [1.165, 1.54) is 5.56 Å². The number of anilines is 1. The fraction of sp³-hybridized carbons (Fsp3) is 0. The number of hydrogen-bond acceptors (Lipinski definition) is 2. The van der Waals surface area contributed by atoms with Gasteiger partial charge in [0.05, 0.1) is 0 Å². The summed E-state index contributed by atoms with van der Waals surface area (Å²) >= 11 is 4.92. The van der Waals surface area contributed by atoms with Crippen molar-refractivity contribution >= 4 is 23.0 Å². The van der Waals surface area contributed by atoms with Gasteiger partial charge in [0.2, 0.25) is 0 Å². The SMILES string of the molecule is N#CNC(=S)Nc1ccc(-c2ccccc2)cc1. The fourth-order valence-corrected chi connectivity index (χ4v) is 1.75. The van der Waals surface area contributed by atoms with Crippen molar-refractivity contribution in [1.29, 1.82) is 5.26 Å². The van der Waals surface area contributed by atoms with E-state index in [0.29, 0.717) is 5.11 Å². The Balaban J connectivity index is 2.11. The second-order valence-electron chi connectivity index (χ2n) is 3.63. The van der Waals surface area contributed by atoms with E-state index >= 15 is 0 Å². The molecule has 0 radical (unpaired) electrons. The van der Waals surface area contributed by atoms with E-state index in [1.807, 2.05) is 42.5 Å². The predicted octanol–water partition coefficient (Wildman–Crippen LogP) is 3.12. The van der Waals surface area contributed by atoms with E-state index in [9.17, 15) is 0 Å². The Labute approximate surface area is 111 Å². The van der Waals surface area contributed by atoms with Gasteiger partial charge in [0, 0.05) is 5.69 Å². The van der Waals surface area contributed by atoms with Gasteiger partial charge < -0.3 is 5.32 Å². The molecule has 0 unspecified atom stereocenters. The first-order valence-electron chi connectivity index (χ1n) is 5.41. The Bertz CT molecular complexity index is 570. The Morgan fingerprint density at radius 3 is 2.17 bits per heavy atom. The molecule has 2 aromatic carbocycles. The summed E-state index contributed by atoms with van der Waals surface area (Å²) in [6, 6.07) is 18.0. The molecule has 0 spiro atoms. The summed E-state index contributed by atoms with van der Waals surface area (Å²) in [4.78, 5) is 0. The maximum atomic E-state index is 8.42. The molecule has 0 atom stereocenters. The van der Waals surface area contributed by atoms with Crippen molar-refractivity contribution in [3.05, 3.63) is 54.6 Å². The highest BCUT2D eigenvalue weighted by Gasteiger charge is 1.98. The normalized spacial score (nSPS) is 9.28. The number of nitrogens with one attached hydrogen (secondary N) is 2. The van der Waals surface area contributed by atoms with Crippen molar-refractivity contribution in [2.24, 2.45) is 0 Å². The Morgan fingerprint density at radius 1 is 0.944 bits per heavy atom. The molecule has 0 bridgehead atoms. The minimum atomic E-state index is 0.296. The topological polar surface area (TPSA) is 47.9 Å². The van der Waals surface area contributed by atoms with Crippen molar-refractivity contribution in [1.82, 2.24) is 5.32 Å². The van der Waals surface area contributed by atoms with E-state index in [1.54, 1.807) is 6.19 Å². The van der Waals surface area contributed by atoms with Gasteiger partial charge in [-0.2, -0.15) is 5.26 Å².